The smallest absolute Gasteiger partial charge is 0.198 e. The first-order valence-corrected chi connectivity index (χ1v) is 5.82. The maximum absolute atomic E-state index is 12.5. The highest BCUT2D eigenvalue weighted by Gasteiger charge is 2.36. The summed E-state index contributed by atoms with van der Waals surface area (Å²) in [7, 11) is 1.56. The molecule has 0 aliphatic carbocycles. The summed E-state index contributed by atoms with van der Waals surface area (Å²) in [5, 5.41) is 0. The van der Waals surface area contributed by atoms with Gasteiger partial charge in [-0.15, -0.1) is 0 Å². The first-order valence-electron chi connectivity index (χ1n) is 5.82. The van der Waals surface area contributed by atoms with E-state index in [1.165, 1.54) is 0 Å². The molecule has 4 nitrogen and oxygen atoms in total. The molecule has 0 bridgehead atoms. The van der Waals surface area contributed by atoms with E-state index in [2.05, 4.69) is 4.98 Å². The minimum atomic E-state index is -0.788. The van der Waals surface area contributed by atoms with Crippen LogP contribution in [0.5, 0.6) is 0 Å². The van der Waals surface area contributed by atoms with Crippen LogP contribution in [-0.2, 0) is 4.74 Å². The molecule has 0 radical (unpaired) electrons. The molecule has 94 valence electrons. The van der Waals surface area contributed by atoms with Gasteiger partial charge in [0.05, 0.1) is 5.56 Å². The quantitative estimate of drug-likeness (QED) is 0.797. The summed E-state index contributed by atoms with van der Waals surface area (Å²) in [6.07, 6.45) is 2.89. The fourth-order valence-electron chi connectivity index (χ4n) is 1.96. The average molecular weight is 236 g/mol. The zero-order valence-corrected chi connectivity index (χ0v) is 10.9. The maximum Gasteiger partial charge on any atom is 0.198 e. The highest BCUT2D eigenvalue weighted by molar-refractivity contribution is 6.05. The molecule has 0 saturated heterocycles. The first kappa shape index (κ1) is 13.6. The van der Waals surface area contributed by atoms with E-state index in [-0.39, 0.29) is 11.6 Å². The van der Waals surface area contributed by atoms with Crippen molar-refractivity contribution in [3.05, 3.63) is 23.4 Å². The summed E-state index contributed by atoms with van der Waals surface area (Å²) in [4.78, 5) is 16.5. The van der Waals surface area contributed by atoms with Crippen LogP contribution in [0.4, 0.5) is 5.82 Å². The fourth-order valence-corrected chi connectivity index (χ4v) is 1.96. The zero-order valence-electron chi connectivity index (χ0n) is 10.9. The Balaban J connectivity index is 3.23. The number of hydrogen-bond donors (Lipinski definition) is 1. The topological polar surface area (TPSA) is 65.2 Å². The van der Waals surface area contributed by atoms with Crippen LogP contribution in [0.2, 0.25) is 0 Å². The zero-order chi connectivity index (χ0) is 13.1. The number of carbonyl (C=O) groups is 1. The molecule has 0 aliphatic heterocycles. The second-order valence-corrected chi connectivity index (χ2v) is 4.18. The van der Waals surface area contributed by atoms with E-state index < -0.39 is 5.60 Å². The van der Waals surface area contributed by atoms with Crippen molar-refractivity contribution >= 4 is 11.6 Å². The van der Waals surface area contributed by atoms with Gasteiger partial charge in [-0.3, -0.25) is 4.79 Å². The Bertz CT molecular complexity index is 404. The lowest BCUT2D eigenvalue weighted by Gasteiger charge is -2.28. The van der Waals surface area contributed by atoms with Crippen molar-refractivity contribution < 1.29 is 9.53 Å². The number of nitrogen functional groups attached to an aromatic ring is 1. The molecule has 0 spiro atoms. The van der Waals surface area contributed by atoms with Crippen molar-refractivity contribution in [2.24, 2.45) is 0 Å². The summed E-state index contributed by atoms with van der Waals surface area (Å²) in [5.74, 6) is 0.183. The molecule has 1 rings (SSSR count). The number of rotatable bonds is 5. The number of aromatic nitrogens is 1. The number of ketones is 1. The van der Waals surface area contributed by atoms with E-state index >= 15 is 0 Å². The Morgan fingerprint density at radius 2 is 2.06 bits per heavy atom. The number of methoxy groups -OCH3 is 1. The van der Waals surface area contributed by atoms with Crippen LogP contribution in [-0.4, -0.2) is 23.5 Å². The molecule has 0 amide bonds. The second-order valence-electron chi connectivity index (χ2n) is 4.18. The Labute approximate surface area is 102 Å². The fraction of sp³-hybridized carbons (Fsp3) is 0.538. The van der Waals surface area contributed by atoms with Crippen molar-refractivity contribution in [3.8, 4) is 0 Å². The molecule has 0 aliphatic rings. The number of Topliss-reactive ketones (excluding diaryl/α,β-unsaturated/α-hetero) is 1. The molecular weight excluding hydrogens is 216 g/mol. The van der Waals surface area contributed by atoms with Gasteiger partial charge in [-0.25, -0.2) is 4.98 Å². The third-order valence-corrected chi connectivity index (χ3v) is 3.25. The van der Waals surface area contributed by atoms with Crippen LogP contribution in [0.25, 0.3) is 0 Å². The minimum absolute atomic E-state index is 0.0845. The Morgan fingerprint density at radius 1 is 1.47 bits per heavy atom. The van der Waals surface area contributed by atoms with Gasteiger partial charge in [0, 0.05) is 13.3 Å². The van der Waals surface area contributed by atoms with Crippen molar-refractivity contribution in [1.29, 1.82) is 0 Å². The highest BCUT2D eigenvalue weighted by atomic mass is 16.5. The predicted molar refractivity (Wildman–Crippen MR) is 68.0 cm³/mol. The third-order valence-electron chi connectivity index (χ3n) is 3.25. The lowest BCUT2D eigenvalue weighted by molar-refractivity contribution is -0.00256. The van der Waals surface area contributed by atoms with Crippen LogP contribution >= 0.6 is 0 Å². The van der Waals surface area contributed by atoms with E-state index in [0.717, 1.165) is 5.56 Å². The number of carbonyl (C=O) groups excluding carboxylic acids is 1. The Kier molecular flexibility index (Phi) is 4.23. The molecule has 4 heteroatoms. The number of hydrogen-bond acceptors (Lipinski definition) is 4. The van der Waals surface area contributed by atoms with Crippen molar-refractivity contribution in [2.75, 3.05) is 12.8 Å². The molecule has 0 unspecified atom stereocenters. The van der Waals surface area contributed by atoms with Gasteiger partial charge < -0.3 is 10.5 Å². The molecule has 0 aromatic carbocycles. The van der Waals surface area contributed by atoms with E-state index in [1.807, 2.05) is 20.8 Å². The van der Waals surface area contributed by atoms with E-state index in [1.54, 1.807) is 19.4 Å². The molecular formula is C13H20N2O2. The van der Waals surface area contributed by atoms with Gasteiger partial charge in [-0.2, -0.15) is 0 Å². The lowest BCUT2D eigenvalue weighted by atomic mass is 9.87. The van der Waals surface area contributed by atoms with Crippen molar-refractivity contribution in [3.63, 3.8) is 0 Å². The molecule has 2 N–H and O–H groups in total. The van der Waals surface area contributed by atoms with Crippen molar-refractivity contribution in [1.82, 2.24) is 4.98 Å². The van der Waals surface area contributed by atoms with Crippen LogP contribution < -0.4 is 5.73 Å². The predicted octanol–water partition coefficient (Wildman–Crippen LogP) is 2.36. The Morgan fingerprint density at radius 3 is 2.53 bits per heavy atom. The van der Waals surface area contributed by atoms with Gasteiger partial charge in [0.25, 0.3) is 0 Å². The maximum atomic E-state index is 12.5. The number of nitrogens with zero attached hydrogens (tertiary/aromatic N) is 1. The molecule has 1 heterocycles. The standard InChI is InChI=1S/C13H20N2O2/c1-5-13(6-2,17-4)11(16)10-7-9(3)8-15-12(10)14/h7-8H,5-6H2,1-4H3,(H2,14,15). The number of ether oxygens (including phenoxy) is 1. The highest BCUT2D eigenvalue weighted by Crippen LogP contribution is 2.27. The summed E-state index contributed by atoms with van der Waals surface area (Å²) < 4.78 is 5.41. The van der Waals surface area contributed by atoms with Crippen LogP contribution in [0.1, 0.15) is 42.6 Å². The monoisotopic (exact) mass is 236 g/mol. The minimum Gasteiger partial charge on any atom is -0.383 e. The average Bonchev–Trinajstić information content (AvgIpc) is 2.35. The lowest BCUT2D eigenvalue weighted by Crippen LogP contribution is -2.40. The molecule has 0 fully saturated rings. The molecule has 1 aromatic heterocycles. The SMILES string of the molecule is CCC(CC)(OC)C(=O)c1cc(C)cnc1N. The van der Waals surface area contributed by atoms with E-state index in [4.69, 9.17) is 10.5 Å². The van der Waals surface area contributed by atoms with Gasteiger partial charge in [-0.1, -0.05) is 13.8 Å². The normalized spacial score (nSPS) is 11.5. The molecule has 0 saturated carbocycles. The number of anilines is 1. The largest absolute Gasteiger partial charge is 0.383 e. The third kappa shape index (κ3) is 2.47. The van der Waals surface area contributed by atoms with Gasteiger partial charge in [0.1, 0.15) is 11.4 Å². The number of pyridine rings is 1. The molecule has 17 heavy (non-hydrogen) atoms. The Hall–Kier alpha value is -1.42. The van der Waals surface area contributed by atoms with Crippen LogP contribution in [0, 0.1) is 6.92 Å². The van der Waals surface area contributed by atoms with Gasteiger partial charge in [-0.05, 0) is 31.4 Å². The summed E-state index contributed by atoms with van der Waals surface area (Å²) in [6.45, 7) is 5.75. The molecule has 1 aromatic rings. The van der Waals surface area contributed by atoms with Crippen molar-refractivity contribution in [2.45, 2.75) is 39.2 Å². The van der Waals surface area contributed by atoms with Crippen LogP contribution in [0.15, 0.2) is 12.3 Å². The summed E-state index contributed by atoms with van der Waals surface area (Å²) in [6, 6.07) is 1.77. The first-order chi connectivity index (χ1) is 8.00. The second kappa shape index (κ2) is 5.27. The summed E-state index contributed by atoms with van der Waals surface area (Å²) in [5.41, 5.74) is 6.35. The van der Waals surface area contributed by atoms with Crippen LogP contribution in [0.3, 0.4) is 0 Å². The van der Waals surface area contributed by atoms with Gasteiger partial charge in [0.2, 0.25) is 0 Å². The van der Waals surface area contributed by atoms with Gasteiger partial charge in [0.15, 0.2) is 5.78 Å². The number of aryl methyl sites for hydroxylation is 1. The van der Waals surface area contributed by atoms with Gasteiger partial charge >= 0.3 is 0 Å². The summed E-state index contributed by atoms with van der Waals surface area (Å²) >= 11 is 0. The molecule has 0 atom stereocenters. The van der Waals surface area contributed by atoms with E-state index in [9.17, 15) is 4.79 Å². The van der Waals surface area contributed by atoms with E-state index in [0.29, 0.717) is 18.4 Å². The number of nitrogens with two attached hydrogens (primary N) is 1.